The first-order valence-corrected chi connectivity index (χ1v) is 7.40. The second-order valence-corrected chi connectivity index (χ2v) is 5.57. The maximum absolute atomic E-state index is 13.2. The molecule has 1 N–H and O–H groups in total. The lowest BCUT2D eigenvalue weighted by Crippen LogP contribution is -2.54. The quantitative estimate of drug-likeness (QED) is 0.879. The average Bonchev–Trinajstić information content (AvgIpc) is 2.45. The molecule has 1 aliphatic heterocycles. The summed E-state index contributed by atoms with van der Waals surface area (Å²) in [5, 5.41) is 3.49. The maximum Gasteiger partial charge on any atom is 0.123 e. The first kappa shape index (κ1) is 14.5. The van der Waals surface area contributed by atoms with E-state index in [4.69, 9.17) is 0 Å². The third kappa shape index (κ3) is 4.02. The molecule has 1 aromatic rings. The number of piperazine rings is 1. The zero-order chi connectivity index (χ0) is 13.7. The van der Waals surface area contributed by atoms with Crippen molar-refractivity contribution in [3.8, 4) is 0 Å². The lowest BCUT2D eigenvalue weighted by atomic mass is 9.95. The minimum atomic E-state index is -0.128. The Morgan fingerprint density at radius 2 is 2.32 bits per heavy atom. The van der Waals surface area contributed by atoms with Crippen molar-refractivity contribution in [3.63, 3.8) is 0 Å². The summed E-state index contributed by atoms with van der Waals surface area (Å²) in [6.07, 6.45) is 2.15. The molecule has 1 aromatic carbocycles. The van der Waals surface area contributed by atoms with Gasteiger partial charge in [-0.3, -0.25) is 4.90 Å². The van der Waals surface area contributed by atoms with E-state index in [1.165, 1.54) is 12.5 Å². The van der Waals surface area contributed by atoms with Gasteiger partial charge in [0, 0.05) is 32.2 Å². The Labute approximate surface area is 116 Å². The van der Waals surface area contributed by atoms with Gasteiger partial charge in [-0.2, -0.15) is 0 Å². The standard InChI is InChI=1S/C16H25FN2/c1-3-13(2)16-12-18-8-10-19(16)9-7-14-5-4-6-15(17)11-14/h4-6,11,13,16,18H,3,7-10,12H2,1-2H3/t13?,16-/m1/s1. The molecule has 0 aromatic heterocycles. The molecule has 1 unspecified atom stereocenters. The van der Waals surface area contributed by atoms with Gasteiger partial charge in [0.25, 0.3) is 0 Å². The van der Waals surface area contributed by atoms with E-state index in [9.17, 15) is 4.39 Å². The second-order valence-electron chi connectivity index (χ2n) is 5.57. The highest BCUT2D eigenvalue weighted by Gasteiger charge is 2.25. The van der Waals surface area contributed by atoms with Crippen LogP contribution < -0.4 is 5.32 Å². The molecule has 0 amide bonds. The van der Waals surface area contributed by atoms with Gasteiger partial charge in [0.1, 0.15) is 5.82 Å². The number of nitrogens with zero attached hydrogens (tertiary/aromatic N) is 1. The zero-order valence-electron chi connectivity index (χ0n) is 12.0. The Kier molecular flexibility index (Phi) is 5.34. The summed E-state index contributed by atoms with van der Waals surface area (Å²) in [7, 11) is 0. The molecule has 2 nitrogen and oxygen atoms in total. The molecule has 0 aliphatic carbocycles. The van der Waals surface area contributed by atoms with Crippen molar-refractivity contribution < 1.29 is 4.39 Å². The number of nitrogens with one attached hydrogen (secondary N) is 1. The van der Waals surface area contributed by atoms with Crippen molar-refractivity contribution >= 4 is 0 Å². The summed E-state index contributed by atoms with van der Waals surface area (Å²) in [5.41, 5.74) is 1.10. The first-order valence-electron chi connectivity index (χ1n) is 7.40. The topological polar surface area (TPSA) is 15.3 Å². The van der Waals surface area contributed by atoms with Crippen LogP contribution in [0.3, 0.4) is 0 Å². The minimum absolute atomic E-state index is 0.128. The summed E-state index contributed by atoms with van der Waals surface area (Å²) >= 11 is 0. The predicted octanol–water partition coefficient (Wildman–Crippen LogP) is 2.69. The molecule has 106 valence electrons. The van der Waals surface area contributed by atoms with Crippen LogP contribution in [-0.2, 0) is 6.42 Å². The van der Waals surface area contributed by atoms with Crippen LogP contribution in [0.15, 0.2) is 24.3 Å². The molecule has 3 heteroatoms. The smallest absolute Gasteiger partial charge is 0.123 e. The van der Waals surface area contributed by atoms with Crippen LogP contribution in [-0.4, -0.2) is 37.1 Å². The molecule has 0 spiro atoms. The predicted molar refractivity (Wildman–Crippen MR) is 77.8 cm³/mol. The molecule has 1 heterocycles. The van der Waals surface area contributed by atoms with Crippen molar-refractivity contribution in [3.05, 3.63) is 35.6 Å². The van der Waals surface area contributed by atoms with E-state index in [1.54, 1.807) is 12.1 Å². The molecule has 2 rings (SSSR count). The van der Waals surface area contributed by atoms with Crippen molar-refractivity contribution in [1.82, 2.24) is 10.2 Å². The number of hydrogen-bond donors (Lipinski definition) is 1. The van der Waals surface area contributed by atoms with Crippen LogP contribution in [0.25, 0.3) is 0 Å². The van der Waals surface area contributed by atoms with Crippen LogP contribution in [0.4, 0.5) is 4.39 Å². The second kappa shape index (κ2) is 7.01. The molecule has 0 radical (unpaired) electrons. The highest BCUT2D eigenvalue weighted by atomic mass is 19.1. The van der Waals surface area contributed by atoms with E-state index in [1.807, 2.05) is 6.07 Å². The summed E-state index contributed by atoms with van der Waals surface area (Å²) in [4.78, 5) is 2.57. The first-order chi connectivity index (χ1) is 9.20. The molecular formula is C16H25FN2. The summed E-state index contributed by atoms with van der Waals surface area (Å²) in [6.45, 7) is 8.86. The van der Waals surface area contributed by atoms with Crippen molar-refractivity contribution in [2.24, 2.45) is 5.92 Å². The molecule has 1 aliphatic rings. The van der Waals surface area contributed by atoms with Crippen LogP contribution in [0.2, 0.25) is 0 Å². The lowest BCUT2D eigenvalue weighted by molar-refractivity contribution is 0.118. The molecular weight excluding hydrogens is 239 g/mol. The van der Waals surface area contributed by atoms with Gasteiger partial charge in [-0.05, 0) is 30.0 Å². The van der Waals surface area contributed by atoms with E-state index in [0.717, 1.165) is 38.2 Å². The Morgan fingerprint density at radius 3 is 3.05 bits per heavy atom. The van der Waals surface area contributed by atoms with Gasteiger partial charge in [0.15, 0.2) is 0 Å². The Balaban J connectivity index is 1.92. The largest absolute Gasteiger partial charge is 0.314 e. The molecule has 0 bridgehead atoms. The number of benzene rings is 1. The van der Waals surface area contributed by atoms with Gasteiger partial charge in [-0.1, -0.05) is 32.4 Å². The van der Waals surface area contributed by atoms with E-state index >= 15 is 0 Å². The van der Waals surface area contributed by atoms with Crippen LogP contribution >= 0.6 is 0 Å². The zero-order valence-corrected chi connectivity index (χ0v) is 12.0. The minimum Gasteiger partial charge on any atom is -0.314 e. The maximum atomic E-state index is 13.2. The van der Waals surface area contributed by atoms with Gasteiger partial charge in [0.05, 0.1) is 0 Å². The highest BCUT2D eigenvalue weighted by Crippen LogP contribution is 2.17. The van der Waals surface area contributed by atoms with Gasteiger partial charge in [-0.25, -0.2) is 4.39 Å². The monoisotopic (exact) mass is 264 g/mol. The Morgan fingerprint density at radius 1 is 1.47 bits per heavy atom. The van der Waals surface area contributed by atoms with Crippen LogP contribution in [0, 0.1) is 11.7 Å². The third-order valence-corrected chi connectivity index (χ3v) is 4.28. The van der Waals surface area contributed by atoms with E-state index < -0.39 is 0 Å². The molecule has 1 saturated heterocycles. The fourth-order valence-electron chi connectivity index (χ4n) is 2.84. The van der Waals surface area contributed by atoms with Crippen LogP contribution in [0.1, 0.15) is 25.8 Å². The third-order valence-electron chi connectivity index (χ3n) is 4.28. The summed E-state index contributed by atoms with van der Waals surface area (Å²) < 4.78 is 13.2. The SMILES string of the molecule is CCC(C)[C@H]1CNCCN1CCc1cccc(F)c1. The van der Waals surface area contributed by atoms with Crippen molar-refractivity contribution in [1.29, 1.82) is 0 Å². The molecule has 0 saturated carbocycles. The molecule has 1 fully saturated rings. The molecule has 2 atom stereocenters. The molecule has 19 heavy (non-hydrogen) atoms. The average molecular weight is 264 g/mol. The van der Waals surface area contributed by atoms with E-state index in [0.29, 0.717) is 12.0 Å². The van der Waals surface area contributed by atoms with Gasteiger partial charge < -0.3 is 5.32 Å². The van der Waals surface area contributed by atoms with E-state index in [2.05, 4.69) is 24.1 Å². The fourth-order valence-corrected chi connectivity index (χ4v) is 2.84. The van der Waals surface area contributed by atoms with Gasteiger partial charge in [0.2, 0.25) is 0 Å². The lowest BCUT2D eigenvalue weighted by Gasteiger charge is -2.39. The van der Waals surface area contributed by atoms with Crippen LogP contribution in [0.5, 0.6) is 0 Å². The Hall–Kier alpha value is -0.930. The summed E-state index contributed by atoms with van der Waals surface area (Å²) in [6, 6.07) is 7.60. The van der Waals surface area contributed by atoms with Gasteiger partial charge in [-0.15, -0.1) is 0 Å². The number of hydrogen-bond acceptors (Lipinski definition) is 2. The Bertz CT molecular complexity index is 394. The van der Waals surface area contributed by atoms with Crippen molar-refractivity contribution in [2.45, 2.75) is 32.7 Å². The van der Waals surface area contributed by atoms with Crippen molar-refractivity contribution in [2.75, 3.05) is 26.2 Å². The number of rotatable bonds is 5. The number of halogens is 1. The normalized spacial score (nSPS) is 22.4. The fraction of sp³-hybridized carbons (Fsp3) is 0.625. The highest BCUT2D eigenvalue weighted by molar-refractivity contribution is 5.16. The summed E-state index contributed by atoms with van der Waals surface area (Å²) in [5.74, 6) is 0.580. The van der Waals surface area contributed by atoms with Gasteiger partial charge >= 0.3 is 0 Å². The van der Waals surface area contributed by atoms with E-state index in [-0.39, 0.29) is 5.82 Å².